The predicted molar refractivity (Wildman–Crippen MR) is 96.7 cm³/mol. The normalized spacial score (nSPS) is 16.1. The molecule has 27 heavy (non-hydrogen) atoms. The number of esters is 1. The van der Waals surface area contributed by atoms with Crippen molar-refractivity contribution in [2.75, 3.05) is 10.6 Å². The lowest BCUT2D eigenvalue weighted by molar-refractivity contribution is -0.145. The van der Waals surface area contributed by atoms with Crippen LogP contribution in [0, 0.1) is 0 Å². The molecule has 1 aromatic carbocycles. The van der Waals surface area contributed by atoms with Gasteiger partial charge in [-0.3, -0.25) is 9.59 Å². The van der Waals surface area contributed by atoms with Crippen LogP contribution in [0.5, 0.6) is 0 Å². The Labute approximate surface area is 151 Å². The lowest BCUT2D eigenvalue weighted by Gasteiger charge is -2.21. The van der Waals surface area contributed by atoms with Crippen LogP contribution in [0.1, 0.15) is 16.7 Å². The summed E-state index contributed by atoms with van der Waals surface area (Å²) in [6.45, 7) is 0.314. The second kappa shape index (κ2) is 4.73. The molecule has 0 bridgehead atoms. The van der Waals surface area contributed by atoms with Gasteiger partial charge in [0, 0.05) is 10.9 Å². The van der Waals surface area contributed by atoms with Crippen LogP contribution in [0.4, 0.5) is 16.2 Å². The summed E-state index contributed by atoms with van der Waals surface area (Å²) in [4.78, 5) is 41.5. The third-order valence-electron chi connectivity index (χ3n) is 5.36. The Morgan fingerprint density at radius 1 is 1.11 bits per heavy atom. The first-order valence-corrected chi connectivity index (χ1v) is 8.55. The molecule has 5 heterocycles. The van der Waals surface area contributed by atoms with E-state index in [2.05, 4.69) is 10.6 Å². The van der Waals surface area contributed by atoms with Gasteiger partial charge in [0.15, 0.2) is 0 Å². The second-order valence-electron chi connectivity index (χ2n) is 6.85. The molecule has 2 N–H and O–H groups in total. The van der Waals surface area contributed by atoms with Crippen LogP contribution in [0.25, 0.3) is 22.3 Å². The van der Waals surface area contributed by atoms with Gasteiger partial charge in [-0.25, -0.2) is 9.78 Å². The summed E-state index contributed by atoms with van der Waals surface area (Å²) in [5, 5.41) is 6.49. The molecule has 0 unspecified atom stereocenters. The van der Waals surface area contributed by atoms with Crippen molar-refractivity contribution in [1.29, 1.82) is 0 Å². The van der Waals surface area contributed by atoms with Crippen LogP contribution in [0.3, 0.4) is 0 Å². The molecule has 132 valence electrons. The average Bonchev–Trinajstić information content (AvgIpc) is 3.01. The van der Waals surface area contributed by atoms with E-state index in [-0.39, 0.29) is 30.6 Å². The zero-order valence-electron chi connectivity index (χ0n) is 14.0. The Morgan fingerprint density at radius 3 is 2.89 bits per heavy atom. The highest BCUT2D eigenvalue weighted by atomic mass is 16.5. The predicted octanol–water partition coefficient (Wildman–Crippen LogP) is 1.98. The van der Waals surface area contributed by atoms with Gasteiger partial charge in [-0.15, -0.1) is 0 Å². The highest BCUT2D eigenvalue weighted by Gasteiger charge is 2.32. The van der Waals surface area contributed by atoms with Crippen molar-refractivity contribution in [3.8, 4) is 11.4 Å². The second-order valence-corrected chi connectivity index (χ2v) is 6.85. The van der Waals surface area contributed by atoms with E-state index in [1.165, 1.54) is 0 Å². The Balaban J connectivity index is 1.68. The van der Waals surface area contributed by atoms with Crippen LogP contribution < -0.4 is 16.2 Å². The maximum Gasteiger partial charge on any atom is 0.323 e. The van der Waals surface area contributed by atoms with Gasteiger partial charge in [0.2, 0.25) is 0 Å². The number of nitrogens with zero attached hydrogens (tertiary/aromatic N) is 2. The van der Waals surface area contributed by atoms with Crippen molar-refractivity contribution in [3.63, 3.8) is 0 Å². The molecule has 2 amide bonds. The van der Waals surface area contributed by atoms with Gasteiger partial charge in [-0.1, -0.05) is 6.07 Å². The number of hydrogen-bond donors (Lipinski definition) is 2. The maximum atomic E-state index is 13.0. The molecular formula is C19H12N4O4. The summed E-state index contributed by atoms with van der Waals surface area (Å²) >= 11 is 0. The first-order chi connectivity index (χ1) is 13.1. The van der Waals surface area contributed by atoms with Gasteiger partial charge in [0.25, 0.3) is 5.56 Å². The molecule has 3 aliphatic rings. The van der Waals surface area contributed by atoms with Crippen LogP contribution in [0.2, 0.25) is 0 Å². The zero-order chi connectivity index (χ0) is 18.3. The van der Waals surface area contributed by atoms with Crippen molar-refractivity contribution < 1.29 is 14.3 Å². The number of cyclic esters (lactones) is 1. The van der Waals surface area contributed by atoms with E-state index < -0.39 is 0 Å². The lowest BCUT2D eigenvalue weighted by atomic mass is 10.0. The monoisotopic (exact) mass is 360 g/mol. The van der Waals surface area contributed by atoms with Gasteiger partial charge in [0.1, 0.15) is 6.61 Å². The number of benzene rings is 1. The standard InChI is InChI=1S/C19H12N4O4/c24-14-5-8-4-13-16-9(6-23(13)18(25)10(8)7-27-14)17-15-11(20-16)2-1-3-12(15)21-19(26)22-17/h1-4H,5-7H2,(H2,21,22,26). The van der Waals surface area contributed by atoms with E-state index in [0.29, 0.717) is 40.4 Å². The summed E-state index contributed by atoms with van der Waals surface area (Å²) in [7, 11) is 0. The number of ether oxygens (including phenoxy) is 1. The summed E-state index contributed by atoms with van der Waals surface area (Å²) in [6, 6.07) is 7.07. The number of urea groups is 1. The van der Waals surface area contributed by atoms with Crippen molar-refractivity contribution in [3.05, 3.63) is 51.3 Å². The number of amides is 2. The Hall–Kier alpha value is -3.68. The minimum absolute atomic E-state index is 0.00328. The van der Waals surface area contributed by atoms with Crippen molar-refractivity contribution >= 4 is 34.3 Å². The Bertz CT molecular complexity index is 1290. The molecular weight excluding hydrogens is 348 g/mol. The molecule has 6 rings (SSSR count). The molecule has 0 saturated heterocycles. The summed E-state index contributed by atoms with van der Waals surface area (Å²) < 4.78 is 6.67. The number of carbonyl (C=O) groups excluding carboxylic acids is 2. The van der Waals surface area contributed by atoms with E-state index in [4.69, 9.17) is 9.72 Å². The summed E-state index contributed by atoms with van der Waals surface area (Å²) in [5.41, 5.74) is 5.26. The molecule has 3 aromatic rings. The minimum Gasteiger partial charge on any atom is -0.460 e. The first-order valence-electron chi connectivity index (χ1n) is 8.55. The van der Waals surface area contributed by atoms with Gasteiger partial charge < -0.3 is 19.9 Å². The van der Waals surface area contributed by atoms with Crippen LogP contribution in [0.15, 0.2) is 29.1 Å². The zero-order valence-corrected chi connectivity index (χ0v) is 14.0. The molecule has 0 fully saturated rings. The number of hydrogen-bond acceptors (Lipinski definition) is 5. The molecule has 0 saturated carbocycles. The number of aromatic nitrogens is 2. The summed E-state index contributed by atoms with van der Waals surface area (Å²) in [5.74, 6) is -0.338. The van der Waals surface area contributed by atoms with E-state index in [1.807, 2.05) is 24.3 Å². The third-order valence-corrected chi connectivity index (χ3v) is 5.36. The van der Waals surface area contributed by atoms with Crippen molar-refractivity contribution in [1.82, 2.24) is 9.55 Å². The maximum absolute atomic E-state index is 13.0. The summed E-state index contributed by atoms with van der Waals surface area (Å²) in [6.07, 6.45) is 0.0823. The van der Waals surface area contributed by atoms with E-state index in [9.17, 15) is 14.4 Å². The van der Waals surface area contributed by atoms with E-state index in [1.54, 1.807) is 4.57 Å². The molecule has 0 radical (unpaired) electrons. The first kappa shape index (κ1) is 14.5. The molecule has 3 aliphatic heterocycles. The van der Waals surface area contributed by atoms with Crippen LogP contribution >= 0.6 is 0 Å². The topological polar surface area (TPSA) is 102 Å². The molecule has 8 heteroatoms. The van der Waals surface area contributed by atoms with Gasteiger partial charge in [-0.2, -0.15) is 0 Å². The van der Waals surface area contributed by atoms with Gasteiger partial charge >= 0.3 is 12.0 Å². The SMILES string of the molecule is O=C1Nc2cccc3nc4c(c(c23)N1)Cn1c-4cc2c(c1=O)COC(=O)C2. The number of nitrogens with one attached hydrogen (secondary N) is 2. The molecule has 2 aromatic heterocycles. The fourth-order valence-corrected chi connectivity index (χ4v) is 4.15. The quantitative estimate of drug-likeness (QED) is 0.467. The molecule has 0 spiro atoms. The van der Waals surface area contributed by atoms with Crippen molar-refractivity contribution in [2.24, 2.45) is 0 Å². The highest BCUT2D eigenvalue weighted by Crippen LogP contribution is 2.43. The number of fused-ring (bicyclic) bond motifs is 5. The average molecular weight is 360 g/mol. The highest BCUT2D eigenvalue weighted by molar-refractivity contribution is 6.18. The minimum atomic E-state index is -0.338. The smallest absolute Gasteiger partial charge is 0.323 e. The van der Waals surface area contributed by atoms with Crippen LogP contribution in [-0.2, 0) is 29.1 Å². The molecule has 0 aliphatic carbocycles. The fourth-order valence-electron chi connectivity index (χ4n) is 4.15. The largest absolute Gasteiger partial charge is 0.460 e. The number of anilines is 2. The van der Waals surface area contributed by atoms with Gasteiger partial charge in [0.05, 0.1) is 46.8 Å². The number of pyridine rings is 2. The Kier molecular flexibility index (Phi) is 2.54. The third kappa shape index (κ3) is 1.81. The van der Waals surface area contributed by atoms with E-state index >= 15 is 0 Å². The Morgan fingerprint density at radius 2 is 2.00 bits per heavy atom. The lowest BCUT2D eigenvalue weighted by Crippen LogP contribution is -2.30. The van der Waals surface area contributed by atoms with E-state index in [0.717, 1.165) is 16.5 Å². The molecule has 0 atom stereocenters. The van der Waals surface area contributed by atoms with Crippen LogP contribution in [-0.4, -0.2) is 21.6 Å². The number of rotatable bonds is 0. The number of carbonyl (C=O) groups is 2. The molecule has 8 nitrogen and oxygen atoms in total. The fraction of sp³-hybridized carbons (Fsp3) is 0.158. The van der Waals surface area contributed by atoms with Gasteiger partial charge in [-0.05, 0) is 23.8 Å². The van der Waals surface area contributed by atoms with Crippen molar-refractivity contribution in [2.45, 2.75) is 19.6 Å².